The predicted octanol–water partition coefficient (Wildman–Crippen LogP) is 1.29. The van der Waals surface area contributed by atoms with Crippen molar-refractivity contribution in [2.45, 2.75) is 6.42 Å². The van der Waals surface area contributed by atoms with E-state index in [-0.39, 0.29) is 11.1 Å². The normalized spacial score (nSPS) is 10.3. The number of rotatable bonds is 4. The van der Waals surface area contributed by atoms with E-state index >= 15 is 0 Å². The lowest BCUT2D eigenvalue weighted by Crippen LogP contribution is -2.25. The first-order valence-electron chi connectivity index (χ1n) is 4.54. The van der Waals surface area contributed by atoms with Crippen molar-refractivity contribution < 1.29 is 13.7 Å². The van der Waals surface area contributed by atoms with Crippen LogP contribution >= 0.6 is 11.6 Å². The zero-order chi connectivity index (χ0) is 11.4. The van der Waals surface area contributed by atoms with Gasteiger partial charge in [0.1, 0.15) is 0 Å². The Morgan fingerprint density at radius 1 is 1.56 bits per heavy atom. The summed E-state index contributed by atoms with van der Waals surface area (Å²) in [7, 11) is 0. The first-order valence-corrected chi connectivity index (χ1v) is 4.92. The van der Waals surface area contributed by atoms with Crippen LogP contribution in [0, 0.1) is 0 Å². The van der Waals surface area contributed by atoms with Gasteiger partial charge in [-0.2, -0.15) is 4.98 Å². The number of carbonyl (C=O) groups is 1. The predicted molar refractivity (Wildman–Crippen MR) is 54.1 cm³/mol. The van der Waals surface area contributed by atoms with E-state index in [1.54, 1.807) is 0 Å². The van der Waals surface area contributed by atoms with Crippen molar-refractivity contribution in [3.63, 3.8) is 0 Å². The molecule has 84 valence electrons. The summed E-state index contributed by atoms with van der Waals surface area (Å²) in [6, 6.07) is 1.50. The van der Waals surface area contributed by atoms with Crippen molar-refractivity contribution in [3.05, 3.63) is 35.3 Å². The molecule has 6 nitrogen and oxygen atoms in total. The van der Waals surface area contributed by atoms with Crippen molar-refractivity contribution >= 4 is 17.5 Å². The van der Waals surface area contributed by atoms with Gasteiger partial charge in [-0.05, 0) is 17.7 Å². The average Bonchev–Trinajstić information content (AvgIpc) is 2.88. The van der Waals surface area contributed by atoms with Gasteiger partial charge in [-0.3, -0.25) is 4.79 Å². The van der Waals surface area contributed by atoms with Crippen molar-refractivity contribution in [1.82, 2.24) is 15.5 Å². The molecular formula is C9H8ClN3O3. The summed E-state index contributed by atoms with van der Waals surface area (Å²) < 4.78 is 9.57. The molecule has 1 N–H and O–H groups in total. The Hall–Kier alpha value is -1.82. The van der Waals surface area contributed by atoms with Crippen LogP contribution in [0.5, 0.6) is 0 Å². The minimum Gasteiger partial charge on any atom is -0.452 e. The van der Waals surface area contributed by atoms with E-state index in [1.165, 1.54) is 18.7 Å². The Morgan fingerprint density at radius 3 is 3.06 bits per heavy atom. The third-order valence-electron chi connectivity index (χ3n) is 1.89. The number of halogens is 1. The highest BCUT2D eigenvalue weighted by molar-refractivity contribution is 6.32. The van der Waals surface area contributed by atoms with E-state index in [9.17, 15) is 4.79 Å². The van der Waals surface area contributed by atoms with Gasteiger partial charge in [-0.15, -0.1) is 0 Å². The maximum atomic E-state index is 11.5. The van der Waals surface area contributed by atoms with Crippen LogP contribution < -0.4 is 5.32 Å². The molecule has 1 amide bonds. The summed E-state index contributed by atoms with van der Waals surface area (Å²) in [6.45, 7) is 0.391. The van der Waals surface area contributed by atoms with Crippen LogP contribution in [0.1, 0.15) is 16.2 Å². The fourth-order valence-electron chi connectivity index (χ4n) is 1.14. The average molecular weight is 242 g/mol. The number of aromatic nitrogens is 2. The molecule has 16 heavy (non-hydrogen) atoms. The number of amides is 1. The van der Waals surface area contributed by atoms with Gasteiger partial charge in [0.25, 0.3) is 5.91 Å². The molecule has 0 fully saturated rings. The molecule has 0 bridgehead atoms. The molecule has 2 aromatic heterocycles. The second-order valence-electron chi connectivity index (χ2n) is 2.95. The molecule has 0 aliphatic carbocycles. The molecule has 2 aromatic rings. The van der Waals surface area contributed by atoms with Gasteiger partial charge in [0.05, 0.1) is 11.8 Å². The monoisotopic (exact) mass is 241 g/mol. The van der Waals surface area contributed by atoms with Crippen LogP contribution in [0.3, 0.4) is 0 Å². The van der Waals surface area contributed by atoms with Crippen LogP contribution in [-0.4, -0.2) is 22.6 Å². The van der Waals surface area contributed by atoms with Crippen LogP contribution in [0.25, 0.3) is 0 Å². The molecule has 0 spiro atoms. The number of hydrogen-bond acceptors (Lipinski definition) is 5. The van der Waals surface area contributed by atoms with E-state index in [4.69, 9.17) is 20.5 Å². The minimum absolute atomic E-state index is 0.0790. The number of carbonyl (C=O) groups excluding carboxylic acids is 1. The molecule has 0 aliphatic rings. The fraction of sp³-hybridized carbons (Fsp3) is 0.222. The molecule has 7 heteroatoms. The Labute approximate surface area is 95.6 Å². The lowest BCUT2D eigenvalue weighted by atomic mass is 10.3. The third kappa shape index (κ3) is 2.40. The molecular weight excluding hydrogens is 234 g/mol. The van der Waals surface area contributed by atoms with Crippen molar-refractivity contribution in [3.8, 4) is 0 Å². The Balaban J connectivity index is 1.83. The summed E-state index contributed by atoms with van der Waals surface area (Å²) in [5.41, 5.74) is 0.312. The van der Waals surface area contributed by atoms with Crippen molar-refractivity contribution in [2.24, 2.45) is 0 Å². The van der Waals surface area contributed by atoms with Gasteiger partial charge in [0, 0.05) is 13.0 Å². The van der Waals surface area contributed by atoms with Crippen LogP contribution in [0.2, 0.25) is 5.22 Å². The molecule has 0 aliphatic heterocycles. The molecule has 0 aromatic carbocycles. The maximum Gasteiger partial charge on any atom is 0.256 e. The number of furan rings is 1. The highest BCUT2D eigenvalue weighted by Crippen LogP contribution is 2.15. The van der Waals surface area contributed by atoms with Crippen molar-refractivity contribution in [2.75, 3.05) is 6.54 Å². The Morgan fingerprint density at radius 2 is 2.44 bits per heavy atom. The lowest BCUT2D eigenvalue weighted by Gasteiger charge is -2.00. The minimum atomic E-state index is -0.293. The standard InChI is InChI=1S/C9H8ClN3O3/c10-8-6(2-4-15-8)9(14)11-3-1-7-12-5-13-16-7/h2,4-5H,1,3H2,(H,11,14). The Kier molecular flexibility index (Phi) is 3.21. The SMILES string of the molecule is O=C(NCCc1ncno1)c1ccoc1Cl. The summed E-state index contributed by atoms with van der Waals surface area (Å²) in [6.07, 6.45) is 3.14. The maximum absolute atomic E-state index is 11.5. The van der Waals surface area contributed by atoms with E-state index < -0.39 is 0 Å². The summed E-state index contributed by atoms with van der Waals surface area (Å²) >= 11 is 5.64. The topological polar surface area (TPSA) is 81.2 Å². The quantitative estimate of drug-likeness (QED) is 0.872. The second-order valence-corrected chi connectivity index (χ2v) is 3.29. The van der Waals surface area contributed by atoms with E-state index in [0.717, 1.165) is 0 Å². The number of hydrogen-bond donors (Lipinski definition) is 1. The summed E-state index contributed by atoms with van der Waals surface area (Å²) in [4.78, 5) is 15.4. The highest BCUT2D eigenvalue weighted by atomic mass is 35.5. The molecule has 2 rings (SSSR count). The van der Waals surface area contributed by atoms with E-state index in [0.29, 0.717) is 24.4 Å². The van der Waals surface area contributed by atoms with Crippen molar-refractivity contribution in [1.29, 1.82) is 0 Å². The van der Waals surface area contributed by atoms with Gasteiger partial charge in [-0.25, -0.2) is 0 Å². The molecule has 2 heterocycles. The summed E-state index contributed by atoms with van der Waals surface area (Å²) in [5.74, 6) is 0.178. The van der Waals surface area contributed by atoms with Crippen LogP contribution in [0.4, 0.5) is 0 Å². The zero-order valence-corrected chi connectivity index (χ0v) is 8.90. The smallest absolute Gasteiger partial charge is 0.256 e. The van der Waals surface area contributed by atoms with Gasteiger partial charge < -0.3 is 14.3 Å². The molecule has 0 radical (unpaired) electrons. The van der Waals surface area contributed by atoms with Gasteiger partial charge in [0.15, 0.2) is 6.33 Å². The number of nitrogens with zero attached hydrogens (tertiary/aromatic N) is 2. The van der Waals surface area contributed by atoms with E-state index in [2.05, 4.69) is 15.5 Å². The van der Waals surface area contributed by atoms with Crippen LogP contribution in [-0.2, 0) is 6.42 Å². The first-order chi connectivity index (χ1) is 7.77. The molecule has 0 unspecified atom stereocenters. The van der Waals surface area contributed by atoms with Crippen LogP contribution in [0.15, 0.2) is 27.6 Å². The number of nitrogens with one attached hydrogen (secondary N) is 1. The molecule has 0 saturated carbocycles. The molecule has 0 atom stereocenters. The second kappa shape index (κ2) is 4.80. The highest BCUT2D eigenvalue weighted by Gasteiger charge is 2.12. The zero-order valence-electron chi connectivity index (χ0n) is 8.14. The molecule has 0 saturated heterocycles. The van der Waals surface area contributed by atoms with Gasteiger partial charge >= 0.3 is 0 Å². The largest absolute Gasteiger partial charge is 0.452 e. The Bertz CT molecular complexity index is 466. The van der Waals surface area contributed by atoms with Gasteiger partial charge in [-0.1, -0.05) is 5.16 Å². The fourth-order valence-corrected chi connectivity index (χ4v) is 1.34. The first kappa shape index (κ1) is 10.7. The van der Waals surface area contributed by atoms with E-state index in [1.807, 2.05) is 0 Å². The van der Waals surface area contributed by atoms with Gasteiger partial charge in [0.2, 0.25) is 11.1 Å². The lowest BCUT2D eigenvalue weighted by molar-refractivity contribution is 0.0953. The summed E-state index contributed by atoms with van der Waals surface area (Å²) in [5, 5.41) is 6.18. The third-order valence-corrected chi connectivity index (χ3v) is 2.19.